The summed E-state index contributed by atoms with van der Waals surface area (Å²) in [6, 6.07) is 0. The van der Waals surface area contributed by atoms with Crippen molar-refractivity contribution in [3.63, 3.8) is 0 Å². The van der Waals surface area contributed by atoms with Gasteiger partial charge in [0, 0.05) is 6.26 Å². The van der Waals surface area contributed by atoms with Crippen LogP contribution < -0.4 is 11.2 Å². The van der Waals surface area contributed by atoms with Gasteiger partial charge in [-0.3, -0.25) is 14.8 Å². The van der Waals surface area contributed by atoms with Crippen LogP contribution in [-0.4, -0.2) is 29.7 Å². The van der Waals surface area contributed by atoms with Gasteiger partial charge in [0.1, 0.15) is 0 Å². The fourth-order valence-electron chi connectivity index (χ4n) is 0.807. The molecule has 0 fully saturated rings. The number of hydrogen-bond donors (Lipinski definition) is 3. The molecule has 7 nitrogen and oxygen atoms in total. The normalized spacial score (nSPS) is 11.5. The maximum Gasteiger partial charge on any atom is 0.328 e. The Bertz CT molecular complexity index is 537. The van der Waals surface area contributed by atoms with Gasteiger partial charge in [0.25, 0.3) is 5.56 Å². The highest BCUT2D eigenvalue weighted by atomic mass is 32.2. The lowest BCUT2D eigenvalue weighted by molar-refractivity contribution is 0.429. The minimum absolute atomic E-state index is 0.746. The van der Waals surface area contributed by atoms with Gasteiger partial charge in [-0.05, 0) is 0 Å². The molecule has 0 aliphatic heterocycles. The Kier molecular flexibility index (Phi) is 2.00. The number of aromatic hydroxyl groups is 1. The van der Waals surface area contributed by atoms with Crippen molar-refractivity contribution in [3.05, 3.63) is 20.8 Å². The predicted octanol–water partition coefficient (Wildman–Crippen LogP) is -1.83. The van der Waals surface area contributed by atoms with Gasteiger partial charge in [-0.25, -0.2) is 13.2 Å². The van der Waals surface area contributed by atoms with E-state index in [0.717, 1.165) is 6.26 Å². The second kappa shape index (κ2) is 2.73. The van der Waals surface area contributed by atoms with Gasteiger partial charge in [0.05, 0.1) is 0 Å². The van der Waals surface area contributed by atoms with Crippen LogP contribution in [-0.2, 0) is 9.84 Å². The van der Waals surface area contributed by atoms with Crippen LogP contribution in [0.15, 0.2) is 14.5 Å². The first-order valence-electron chi connectivity index (χ1n) is 3.08. The van der Waals surface area contributed by atoms with Crippen molar-refractivity contribution in [2.75, 3.05) is 6.26 Å². The lowest BCUT2D eigenvalue weighted by Gasteiger charge is -1.97. The zero-order valence-corrected chi connectivity index (χ0v) is 7.30. The van der Waals surface area contributed by atoms with Crippen molar-refractivity contribution < 1.29 is 13.5 Å². The highest BCUT2D eigenvalue weighted by Crippen LogP contribution is 2.11. The van der Waals surface area contributed by atoms with Gasteiger partial charge >= 0.3 is 5.69 Å². The van der Waals surface area contributed by atoms with Gasteiger partial charge in [-0.1, -0.05) is 0 Å². The average Bonchev–Trinajstić information content (AvgIpc) is 1.78. The zero-order valence-electron chi connectivity index (χ0n) is 6.49. The average molecular weight is 206 g/mol. The summed E-state index contributed by atoms with van der Waals surface area (Å²) in [6.45, 7) is 0. The maximum absolute atomic E-state index is 10.9. The van der Waals surface area contributed by atoms with E-state index in [0.29, 0.717) is 0 Å². The second-order valence-electron chi connectivity index (χ2n) is 2.36. The molecule has 1 aromatic rings. The van der Waals surface area contributed by atoms with E-state index < -0.39 is 31.9 Å². The first-order valence-corrected chi connectivity index (χ1v) is 4.97. The van der Waals surface area contributed by atoms with Crippen molar-refractivity contribution >= 4 is 9.84 Å². The number of aromatic nitrogens is 2. The van der Waals surface area contributed by atoms with Crippen molar-refractivity contribution in [2.45, 2.75) is 4.90 Å². The van der Waals surface area contributed by atoms with Gasteiger partial charge in [0.15, 0.2) is 14.7 Å². The van der Waals surface area contributed by atoms with E-state index in [1.807, 2.05) is 0 Å². The maximum atomic E-state index is 10.9. The van der Waals surface area contributed by atoms with E-state index in [1.165, 1.54) is 0 Å². The first kappa shape index (κ1) is 9.52. The number of rotatable bonds is 1. The van der Waals surface area contributed by atoms with Crippen molar-refractivity contribution in [1.29, 1.82) is 0 Å². The standard InChI is InChI=1S/C5H6N2O5S/c1-13(11,12)2-3(8)6-5(10)7-4(2)9/h1H3,(H3,6,7,8,9,10). The van der Waals surface area contributed by atoms with E-state index in [-0.39, 0.29) is 0 Å². The Hall–Kier alpha value is -1.57. The summed E-state index contributed by atoms with van der Waals surface area (Å²) in [5, 5.41) is 8.95. The molecule has 0 amide bonds. The SMILES string of the molecule is CS(=O)(=O)c1c(O)[nH]c(=O)[nH]c1=O. The number of aromatic amines is 2. The topological polar surface area (TPSA) is 120 Å². The van der Waals surface area contributed by atoms with Gasteiger partial charge in [-0.2, -0.15) is 0 Å². The van der Waals surface area contributed by atoms with E-state index in [2.05, 4.69) is 0 Å². The highest BCUT2D eigenvalue weighted by molar-refractivity contribution is 7.90. The van der Waals surface area contributed by atoms with Gasteiger partial charge in [0.2, 0.25) is 5.88 Å². The predicted molar refractivity (Wildman–Crippen MR) is 42.5 cm³/mol. The summed E-state index contributed by atoms with van der Waals surface area (Å²) < 4.78 is 21.8. The Morgan fingerprint density at radius 3 is 2.15 bits per heavy atom. The lowest BCUT2D eigenvalue weighted by Crippen LogP contribution is -2.26. The van der Waals surface area contributed by atoms with E-state index in [1.54, 1.807) is 9.97 Å². The van der Waals surface area contributed by atoms with Gasteiger partial charge < -0.3 is 5.11 Å². The third-order valence-corrected chi connectivity index (χ3v) is 2.37. The summed E-state index contributed by atoms with van der Waals surface area (Å²) in [7, 11) is -3.84. The molecular formula is C5H6N2O5S. The number of sulfone groups is 1. The third kappa shape index (κ3) is 1.78. The molecule has 3 N–H and O–H groups in total. The number of H-pyrrole nitrogens is 2. The fraction of sp³-hybridized carbons (Fsp3) is 0.200. The minimum Gasteiger partial charge on any atom is -0.493 e. The molecule has 0 spiro atoms. The molecule has 1 aromatic heterocycles. The fourth-order valence-corrected chi connectivity index (χ4v) is 1.60. The van der Waals surface area contributed by atoms with Crippen LogP contribution >= 0.6 is 0 Å². The van der Waals surface area contributed by atoms with Crippen LogP contribution in [0.3, 0.4) is 0 Å². The number of hydrogen-bond acceptors (Lipinski definition) is 5. The number of nitrogens with one attached hydrogen (secondary N) is 2. The first-order chi connectivity index (χ1) is 5.82. The minimum atomic E-state index is -3.84. The largest absolute Gasteiger partial charge is 0.493 e. The Morgan fingerprint density at radius 1 is 1.23 bits per heavy atom. The summed E-state index contributed by atoms with van der Waals surface area (Å²) in [6.07, 6.45) is 0.746. The van der Waals surface area contributed by atoms with E-state index >= 15 is 0 Å². The summed E-state index contributed by atoms with van der Waals surface area (Å²) >= 11 is 0. The molecule has 1 rings (SSSR count). The van der Waals surface area contributed by atoms with Crippen LogP contribution in [0.1, 0.15) is 0 Å². The Morgan fingerprint density at radius 2 is 1.77 bits per heavy atom. The quantitative estimate of drug-likeness (QED) is 0.499. The lowest BCUT2D eigenvalue weighted by atomic mass is 10.6. The molecule has 0 aromatic carbocycles. The molecule has 72 valence electrons. The zero-order chi connectivity index (χ0) is 10.2. The monoisotopic (exact) mass is 206 g/mol. The van der Waals surface area contributed by atoms with E-state index in [9.17, 15) is 18.0 Å². The van der Waals surface area contributed by atoms with Crippen LogP contribution in [0, 0.1) is 0 Å². The second-order valence-corrected chi connectivity index (χ2v) is 4.31. The molecule has 0 aliphatic rings. The summed E-state index contributed by atoms with van der Waals surface area (Å²) in [5.74, 6) is -0.948. The molecule has 0 aliphatic carbocycles. The molecule has 0 unspecified atom stereocenters. The van der Waals surface area contributed by atoms with Crippen LogP contribution in [0.5, 0.6) is 5.88 Å². The van der Waals surface area contributed by atoms with E-state index in [4.69, 9.17) is 5.11 Å². The molecule has 0 bridgehead atoms. The molecule has 13 heavy (non-hydrogen) atoms. The molecule has 0 saturated heterocycles. The molecule has 1 heterocycles. The Labute approximate surface area is 72.0 Å². The third-order valence-electron chi connectivity index (χ3n) is 1.25. The van der Waals surface area contributed by atoms with Crippen LogP contribution in [0.4, 0.5) is 0 Å². The smallest absolute Gasteiger partial charge is 0.328 e. The Balaban J connectivity index is 3.77. The summed E-state index contributed by atoms with van der Waals surface area (Å²) in [5.41, 5.74) is -2.10. The van der Waals surface area contributed by atoms with Crippen LogP contribution in [0.25, 0.3) is 0 Å². The van der Waals surface area contributed by atoms with Crippen molar-refractivity contribution in [1.82, 2.24) is 9.97 Å². The molecule has 8 heteroatoms. The molecule has 0 saturated carbocycles. The van der Waals surface area contributed by atoms with Crippen LogP contribution in [0.2, 0.25) is 0 Å². The van der Waals surface area contributed by atoms with Crippen molar-refractivity contribution in [3.8, 4) is 5.88 Å². The van der Waals surface area contributed by atoms with Gasteiger partial charge in [-0.15, -0.1) is 0 Å². The molecular weight excluding hydrogens is 200 g/mol. The molecule has 0 radical (unpaired) electrons. The summed E-state index contributed by atoms with van der Waals surface area (Å²) in [4.78, 5) is 24.0. The van der Waals surface area contributed by atoms with Crippen molar-refractivity contribution in [2.24, 2.45) is 0 Å². The molecule has 0 atom stereocenters. The highest BCUT2D eigenvalue weighted by Gasteiger charge is 2.18.